The lowest BCUT2D eigenvalue weighted by Crippen LogP contribution is -2.13. The molecule has 0 fully saturated rings. The van der Waals surface area contributed by atoms with Crippen LogP contribution in [-0.2, 0) is 11.2 Å². The van der Waals surface area contributed by atoms with Crippen molar-refractivity contribution in [2.75, 3.05) is 0 Å². The van der Waals surface area contributed by atoms with E-state index >= 15 is 0 Å². The number of rotatable bonds is 3. The molecule has 13 heavy (non-hydrogen) atoms. The van der Waals surface area contributed by atoms with E-state index in [2.05, 4.69) is 4.98 Å². The van der Waals surface area contributed by atoms with E-state index in [0.29, 0.717) is 0 Å². The third-order valence-corrected chi connectivity index (χ3v) is 1.76. The van der Waals surface area contributed by atoms with E-state index in [1.807, 2.05) is 0 Å². The molecule has 0 spiro atoms. The fraction of sp³-hybridized carbons (Fsp3) is 0.333. The highest BCUT2D eigenvalue weighted by atomic mass is 19.1. The summed E-state index contributed by atoms with van der Waals surface area (Å²) in [4.78, 5) is 14.2. The van der Waals surface area contributed by atoms with E-state index in [0.717, 1.165) is 0 Å². The number of carboxylic acid groups (broad SMARTS) is 1. The van der Waals surface area contributed by atoms with Crippen molar-refractivity contribution in [3.63, 3.8) is 0 Å². The molecule has 0 saturated heterocycles. The van der Waals surface area contributed by atoms with Gasteiger partial charge in [0, 0.05) is 12.6 Å². The van der Waals surface area contributed by atoms with E-state index in [4.69, 9.17) is 5.11 Å². The van der Waals surface area contributed by atoms with Crippen molar-refractivity contribution in [1.29, 1.82) is 0 Å². The molecular weight excluding hydrogens is 173 g/mol. The van der Waals surface area contributed by atoms with Gasteiger partial charge in [0.15, 0.2) is 0 Å². The standard InChI is InChI=1S/C9H10FNO2/c1-6(9(12)13)5-8-7(10)3-2-4-11-8/h2-4,6H,5H2,1H3,(H,12,13). The molecule has 0 radical (unpaired) electrons. The maximum atomic E-state index is 13.0. The molecule has 1 atom stereocenters. The normalized spacial score (nSPS) is 12.5. The zero-order chi connectivity index (χ0) is 9.84. The number of hydrogen-bond acceptors (Lipinski definition) is 2. The monoisotopic (exact) mass is 183 g/mol. The Hall–Kier alpha value is -1.45. The first-order chi connectivity index (χ1) is 6.11. The number of aromatic nitrogens is 1. The van der Waals surface area contributed by atoms with Gasteiger partial charge < -0.3 is 5.11 Å². The molecule has 1 unspecified atom stereocenters. The fourth-order valence-corrected chi connectivity index (χ4v) is 0.946. The highest BCUT2D eigenvalue weighted by Gasteiger charge is 2.14. The first-order valence-electron chi connectivity index (χ1n) is 3.93. The first-order valence-corrected chi connectivity index (χ1v) is 3.93. The zero-order valence-electron chi connectivity index (χ0n) is 7.20. The Bertz CT molecular complexity index is 314. The molecule has 1 rings (SSSR count). The summed E-state index contributed by atoms with van der Waals surface area (Å²) in [5.41, 5.74) is 0.206. The van der Waals surface area contributed by atoms with Crippen LogP contribution in [0.4, 0.5) is 4.39 Å². The van der Waals surface area contributed by atoms with Crippen LogP contribution in [0.15, 0.2) is 18.3 Å². The maximum absolute atomic E-state index is 13.0. The molecule has 0 amide bonds. The van der Waals surface area contributed by atoms with Gasteiger partial charge in [0.1, 0.15) is 5.82 Å². The second-order valence-electron chi connectivity index (χ2n) is 2.88. The van der Waals surface area contributed by atoms with Gasteiger partial charge in [-0.05, 0) is 12.1 Å². The van der Waals surface area contributed by atoms with Crippen molar-refractivity contribution in [2.24, 2.45) is 5.92 Å². The number of nitrogens with zero attached hydrogens (tertiary/aromatic N) is 1. The first kappa shape index (κ1) is 9.64. The average molecular weight is 183 g/mol. The number of carboxylic acids is 1. The Kier molecular flexibility index (Phi) is 2.95. The van der Waals surface area contributed by atoms with Gasteiger partial charge in [-0.3, -0.25) is 9.78 Å². The largest absolute Gasteiger partial charge is 0.481 e. The molecule has 0 saturated carbocycles. The van der Waals surface area contributed by atoms with Crippen LogP contribution in [0.3, 0.4) is 0 Å². The zero-order valence-corrected chi connectivity index (χ0v) is 7.20. The molecule has 3 nitrogen and oxygen atoms in total. The van der Waals surface area contributed by atoms with Gasteiger partial charge >= 0.3 is 5.97 Å². The predicted molar refractivity (Wildman–Crippen MR) is 44.7 cm³/mol. The van der Waals surface area contributed by atoms with E-state index in [1.165, 1.54) is 25.3 Å². The minimum absolute atomic E-state index is 0.127. The van der Waals surface area contributed by atoms with Gasteiger partial charge in [-0.25, -0.2) is 4.39 Å². The van der Waals surface area contributed by atoms with Crippen LogP contribution in [0, 0.1) is 11.7 Å². The summed E-state index contributed by atoms with van der Waals surface area (Å²) in [6, 6.07) is 2.75. The van der Waals surface area contributed by atoms with E-state index in [1.54, 1.807) is 0 Å². The summed E-state index contributed by atoms with van der Waals surface area (Å²) in [6.45, 7) is 1.52. The number of pyridine rings is 1. The summed E-state index contributed by atoms with van der Waals surface area (Å²) in [6.07, 6.45) is 1.58. The van der Waals surface area contributed by atoms with Crippen LogP contribution >= 0.6 is 0 Å². The Balaban J connectivity index is 2.74. The topological polar surface area (TPSA) is 50.2 Å². The SMILES string of the molecule is CC(Cc1ncccc1F)C(=O)O. The van der Waals surface area contributed by atoms with Gasteiger partial charge in [0.2, 0.25) is 0 Å². The molecule has 1 heterocycles. The van der Waals surface area contributed by atoms with E-state index < -0.39 is 17.7 Å². The smallest absolute Gasteiger partial charge is 0.306 e. The molecular formula is C9H10FNO2. The molecule has 0 aromatic carbocycles. The van der Waals surface area contributed by atoms with Crippen molar-refractivity contribution in [3.05, 3.63) is 29.8 Å². The Morgan fingerprint density at radius 1 is 1.77 bits per heavy atom. The van der Waals surface area contributed by atoms with Gasteiger partial charge in [-0.2, -0.15) is 0 Å². The lowest BCUT2D eigenvalue weighted by molar-refractivity contribution is -0.141. The third-order valence-electron chi connectivity index (χ3n) is 1.76. The van der Waals surface area contributed by atoms with Crippen LogP contribution < -0.4 is 0 Å². The Labute approximate surface area is 75.2 Å². The van der Waals surface area contributed by atoms with Crippen LogP contribution in [0.25, 0.3) is 0 Å². The number of halogens is 1. The number of hydrogen-bond donors (Lipinski definition) is 1. The van der Waals surface area contributed by atoms with Gasteiger partial charge in [-0.15, -0.1) is 0 Å². The van der Waals surface area contributed by atoms with Crippen LogP contribution in [-0.4, -0.2) is 16.1 Å². The third kappa shape index (κ3) is 2.50. The van der Waals surface area contributed by atoms with Crippen molar-refractivity contribution in [1.82, 2.24) is 4.98 Å². The molecule has 70 valence electrons. The fourth-order valence-electron chi connectivity index (χ4n) is 0.946. The molecule has 1 aromatic rings. The van der Waals surface area contributed by atoms with Gasteiger partial charge in [0.25, 0.3) is 0 Å². The summed E-state index contributed by atoms with van der Waals surface area (Å²) < 4.78 is 13.0. The highest BCUT2D eigenvalue weighted by Crippen LogP contribution is 2.09. The summed E-state index contributed by atoms with van der Waals surface area (Å²) in [5, 5.41) is 8.58. The van der Waals surface area contributed by atoms with Crippen molar-refractivity contribution >= 4 is 5.97 Å². The average Bonchev–Trinajstić information content (AvgIpc) is 2.08. The number of aliphatic carboxylic acids is 1. The minimum atomic E-state index is -0.940. The lowest BCUT2D eigenvalue weighted by Gasteiger charge is -2.05. The molecule has 0 aliphatic rings. The quantitative estimate of drug-likeness (QED) is 0.772. The minimum Gasteiger partial charge on any atom is -0.481 e. The summed E-state index contributed by atoms with van der Waals surface area (Å²) in [7, 11) is 0. The van der Waals surface area contributed by atoms with Gasteiger partial charge in [0.05, 0.1) is 11.6 Å². The van der Waals surface area contributed by atoms with Gasteiger partial charge in [-0.1, -0.05) is 6.92 Å². The van der Waals surface area contributed by atoms with Crippen LogP contribution in [0.1, 0.15) is 12.6 Å². The molecule has 0 aliphatic heterocycles. The second kappa shape index (κ2) is 3.98. The summed E-state index contributed by atoms with van der Waals surface area (Å²) in [5.74, 6) is -2.00. The van der Waals surface area contributed by atoms with Crippen LogP contribution in [0.5, 0.6) is 0 Å². The molecule has 1 aromatic heterocycles. The Morgan fingerprint density at radius 2 is 2.46 bits per heavy atom. The summed E-state index contributed by atoms with van der Waals surface area (Å²) >= 11 is 0. The molecule has 1 N–H and O–H groups in total. The molecule has 4 heteroatoms. The maximum Gasteiger partial charge on any atom is 0.306 e. The van der Waals surface area contributed by atoms with Crippen LogP contribution in [0.2, 0.25) is 0 Å². The van der Waals surface area contributed by atoms with Crippen molar-refractivity contribution in [3.8, 4) is 0 Å². The second-order valence-corrected chi connectivity index (χ2v) is 2.88. The molecule has 0 bridgehead atoms. The van der Waals surface area contributed by atoms with E-state index in [9.17, 15) is 9.18 Å². The number of carbonyl (C=O) groups is 1. The van der Waals surface area contributed by atoms with E-state index in [-0.39, 0.29) is 12.1 Å². The predicted octanol–water partition coefficient (Wildman–Crippen LogP) is 1.48. The lowest BCUT2D eigenvalue weighted by atomic mass is 10.1. The van der Waals surface area contributed by atoms with Crippen molar-refractivity contribution < 1.29 is 14.3 Å². The Morgan fingerprint density at radius 3 is 3.00 bits per heavy atom. The highest BCUT2D eigenvalue weighted by molar-refractivity contribution is 5.69. The molecule has 0 aliphatic carbocycles. The van der Waals surface area contributed by atoms with Crippen molar-refractivity contribution in [2.45, 2.75) is 13.3 Å².